The molecule has 4 nitrogen and oxygen atoms in total. The molecule has 1 aromatic heterocycles. The predicted molar refractivity (Wildman–Crippen MR) is 89.5 cm³/mol. The van der Waals surface area contributed by atoms with Gasteiger partial charge in [-0.15, -0.1) is 0 Å². The minimum absolute atomic E-state index is 0.347. The van der Waals surface area contributed by atoms with Gasteiger partial charge in [0.1, 0.15) is 0 Å². The van der Waals surface area contributed by atoms with Crippen molar-refractivity contribution < 1.29 is 9.90 Å². The number of carbonyl (C=O) groups is 1. The van der Waals surface area contributed by atoms with E-state index in [4.69, 9.17) is 0 Å². The summed E-state index contributed by atoms with van der Waals surface area (Å²) in [5.74, 6) is -0.876. The van der Waals surface area contributed by atoms with Gasteiger partial charge in [0, 0.05) is 42.7 Å². The lowest BCUT2D eigenvalue weighted by Crippen LogP contribution is -2.29. The molecule has 0 amide bonds. The Morgan fingerprint density at radius 1 is 1.17 bits per heavy atom. The summed E-state index contributed by atoms with van der Waals surface area (Å²) in [7, 11) is 0. The lowest BCUT2D eigenvalue weighted by molar-refractivity contribution is 0.0697. The molecule has 4 rings (SSSR count). The smallest absolute Gasteiger partial charge is 0.335 e. The third-order valence-corrected chi connectivity index (χ3v) is 4.55. The Morgan fingerprint density at radius 2 is 2.00 bits per heavy atom. The molecule has 2 heterocycles. The van der Waals surface area contributed by atoms with Gasteiger partial charge in [-0.2, -0.15) is 0 Å². The third-order valence-electron chi connectivity index (χ3n) is 4.55. The summed E-state index contributed by atoms with van der Waals surface area (Å²) >= 11 is 0. The quantitative estimate of drug-likeness (QED) is 0.779. The minimum Gasteiger partial charge on any atom is -0.478 e. The number of hydrogen-bond donors (Lipinski definition) is 2. The van der Waals surface area contributed by atoms with E-state index in [0.29, 0.717) is 5.56 Å². The molecule has 1 aliphatic heterocycles. The molecule has 116 valence electrons. The average Bonchev–Trinajstić information content (AvgIpc) is 2.93. The van der Waals surface area contributed by atoms with E-state index in [1.807, 2.05) is 12.1 Å². The number of nitrogens with one attached hydrogen (secondary N) is 1. The fraction of sp³-hybridized carbons (Fsp3) is 0.211. The maximum Gasteiger partial charge on any atom is 0.335 e. The van der Waals surface area contributed by atoms with Crippen LogP contribution in [0.3, 0.4) is 0 Å². The van der Waals surface area contributed by atoms with E-state index in [1.54, 1.807) is 12.1 Å². The molecule has 0 bridgehead atoms. The largest absolute Gasteiger partial charge is 0.478 e. The van der Waals surface area contributed by atoms with Gasteiger partial charge in [0.05, 0.1) is 5.56 Å². The first kappa shape index (κ1) is 14.0. The Kier molecular flexibility index (Phi) is 3.39. The highest BCUT2D eigenvalue weighted by Gasteiger charge is 2.21. The first-order chi connectivity index (χ1) is 11.2. The maximum atomic E-state index is 11.2. The van der Waals surface area contributed by atoms with Crippen molar-refractivity contribution in [1.29, 1.82) is 0 Å². The second-order valence-electron chi connectivity index (χ2n) is 6.09. The van der Waals surface area contributed by atoms with Gasteiger partial charge in [-0.05, 0) is 29.3 Å². The Labute approximate surface area is 134 Å². The standard InChI is InChI=1S/C19H18N2O2/c22-19(23)14-6-7-17-15(10-14)16-12-21(9-8-18(16)20-17)11-13-4-2-1-3-5-13/h1-7,10,20H,8-9,11-12H2,(H,22,23). The highest BCUT2D eigenvalue weighted by atomic mass is 16.4. The molecule has 0 atom stereocenters. The fourth-order valence-electron chi connectivity index (χ4n) is 3.38. The second kappa shape index (κ2) is 5.56. The summed E-state index contributed by atoms with van der Waals surface area (Å²) in [6, 6.07) is 15.8. The number of aromatic carboxylic acids is 1. The zero-order chi connectivity index (χ0) is 15.8. The van der Waals surface area contributed by atoms with Gasteiger partial charge in [-0.1, -0.05) is 30.3 Å². The van der Waals surface area contributed by atoms with Gasteiger partial charge in [-0.25, -0.2) is 4.79 Å². The first-order valence-corrected chi connectivity index (χ1v) is 7.84. The average molecular weight is 306 g/mol. The molecule has 0 fully saturated rings. The van der Waals surface area contributed by atoms with Crippen LogP contribution in [0.25, 0.3) is 10.9 Å². The van der Waals surface area contributed by atoms with Crippen LogP contribution < -0.4 is 0 Å². The highest BCUT2D eigenvalue weighted by molar-refractivity contribution is 5.95. The zero-order valence-electron chi connectivity index (χ0n) is 12.7. The molecule has 0 radical (unpaired) electrons. The number of benzene rings is 2. The monoisotopic (exact) mass is 306 g/mol. The zero-order valence-corrected chi connectivity index (χ0v) is 12.7. The van der Waals surface area contributed by atoms with E-state index < -0.39 is 5.97 Å². The summed E-state index contributed by atoms with van der Waals surface area (Å²) in [6.45, 7) is 2.79. The molecular weight excluding hydrogens is 288 g/mol. The van der Waals surface area contributed by atoms with Crippen molar-refractivity contribution in [2.45, 2.75) is 19.5 Å². The summed E-state index contributed by atoms with van der Waals surface area (Å²) in [5.41, 5.74) is 5.17. The van der Waals surface area contributed by atoms with Crippen LogP contribution in [0.2, 0.25) is 0 Å². The molecule has 2 N–H and O–H groups in total. The number of carboxylic acids is 1. The number of aromatic nitrogens is 1. The van der Waals surface area contributed by atoms with E-state index in [1.165, 1.54) is 16.8 Å². The van der Waals surface area contributed by atoms with Crippen molar-refractivity contribution in [3.8, 4) is 0 Å². The number of fused-ring (bicyclic) bond motifs is 3. The lowest BCUT2D eigenvalue weighted by atomic mass is 10.0. The van der Waals surface area contributed by atoms with E-state index in [0.717, 1.165) is 37.0 Å². The molecule has 0 spiro atoms. The van der Waals surface area contributed by atoms with Crippen LogP contribution in [0.5, 0.6) is 0 Å². The van der Waals surface area contributed by atoms with Crippen molar-refractivity contribution in [3.05, 3.63) is 70.9 Å². The van der Waals surface area contributed by atoms with E-state index >= 15 is 0 Å². The SMILES string of the molecule is O=C(O)c1ccc2[nH]c3c(c2c1)CN(Cc1ccccc1)CC3. The van der Waals surface area contributed by atoms with Gasteiger partial charge >= 0.3 is 5.97 Å². The van der Waals surface area contributed by atoms with Gasteiger partial charge < -0.3 is 10.1 Å². The van der Waals surface area contributed by atoms with Crippen LogP contribution in [-0.2, 0) is 19.5 Å². The Morgan fingerprint density at radius 3 is 2.78 bits per heavy atom. The molecule has 0 saturated heterocycles. The Bertz CT molecular complexity index is 868. The second-order valence-corrected chi connectivity index (χ2v) is 6.09. The van der Waals surface area contributed by atoms with E-state index in [9.17, 15) is 9.90 Å². The molecule has 0 unspecified atom stereocenters. The number of aromatic amines is 1. The van der Waals surface area contributed by atoms with Crippen LogP contribution in [0.15, 0.2) is 48.5 Å². The summed E-state index contributed by atoms with van der Waals surface area (Å²) in [6.07, 6.45) is 0.971. The van der Waals surface area contributed by atoms with Crippen molar-refractivity contribution >= 4 is 16.9 Å². The lowest BCUT2D eigenvalue weighted by Gasteiger charge is -2.27. The van der Waals surface area contributed by atoms with Crippen LogP contribution in [0.4, 0.5) is 0 Å². The maximum absolute atomic E-state index is 11.2. The fourth-order valence-corrected chi connectivity index (χ4v) is 3.38. The van der Waals surface area contributed by atoms with E-state index in [2.05, 4.69) is 34.1 Å². The summed E-state index contributed by atoms with van der Waals surface area (Å²) in [5, 5.41) is 10.3. The topological polar surface area (TPSA) is 56.3 Å². The van der Waals surface area contributed by atoms with Crippen molar-refractivity contribution in [3.63, 3.8) is 0 Å². The van der Waals surface area contributed by atoms with Crippen LogP contribution >= 0.6 is 0 Å². The molecule has 0 aliphatic carbocycles. The van der Waals surface area contributed by atoms with Crippen molar-refractivity contribution in [2.75, 3.05) is 6.54 Å². The number of hydrogen-bond acceptors (Lipinski definition) is 2. The number of rotatable bonds is 3. The Hall–Kier alpha value is -2.59. The molecule has 0 saturated carbocycles. The minimum atomic E-state index is -0.876. The van der Waals surface area contributed by atoms with Gasteiger partial charge in [-0.3, -0.25) is 4.90 Å². The molecular formula is C19H18N2O2. The van der Waals surface area contributed by atoms with E-state index in [-0.39, 0.29) is 0 Å². The normalized spacial score (nSPS) is 14.8. The van der Waals surface area contributed by atoms with Crippen LogP contribution in [-0.4, -0.2) is 27.5 Å². The van der Waals surface area contributed by atoms with Crippen LogP contribution in [0.1, 0.15) is 27.2 Å². The first-order valence-electron chi connectivity index (χ1n) is 7.84. The van der Waals surface area contributed by atoms with Gasteiger partial charge in [0.25, 0.3) is 0 Å². The molecule has 1 aliphatic rings. The van der Waals surface area contributed by atoms with Crippen molar-refractivity contribution in [1.82, 2.24) is 9.88 Å². The van der Waals surface area contributed by atoms with Crippen LogP contribution in [0, 0.1) is 0 Å². The molecule has 23 heavy (non-hydrogen) atoms. The van der Waals surface area contributed by atoms with Gasteiger partial charge in [0.15, 0.2) is 0 Å². The summed E-state index contributed by atoms with van der Waals surface area (Å²) in [4.78, 5) is 17.1. The predicted octanol–water partition coefficient (Wildman–Crippen LogP) is 3.42. The molecule has 3 aromatic rings. The van der Waals surface area contributed by atoms with Gasteiger partial charge in [0.2, 0.25) is 0 Å². The molecule has 4 heteroatoms. The third kappa shape index (κ3) is 2.62. The number of carboxylic acid groups (broad SMARTS) is 1. The van der Waals surface area contributed by atoms with Crippen molar-refractivity contribution in [2.24, 2.45) is 0 Å². The highest BCUT2D eigenvalue weighted by Crippen LogP contribution is 2.29. The number of H-pyrrole nitrogens is 1. The Balaban J connectivity index is 1.66. The summed E-state index contributed by atoms with van der Waals surface area (Å²) < 4.78 is 0. The number of nitrogens with zero attached hydrogens (tertiary/aromatic N) is 1. The molecule has 2 aromatic carbocycles.